The van der Waals surface area contributed by atoms with Gasteiger partial charge in [-0.15, -0.1) is 0 Å². The predicted molar refractivity (Wildman–Crippen MR) is 85.2 cm³/mol. The van der Waals surface area contributed by atoms with E-state index >= 15 is 0 Å². The zero-order valence-corrected chi connectivity index (χ0v) is 12.5. The lowest BCUT2D eigenvalue weighted by Crippen LogP contribution is -2.32. The van der Waals surface area contributed by atoms with Gasteiger partial charge in [0.05, 0.1) is 0 Å². The van der Waals surface area contributed by atoms with Gasteiger partial charge in [0, 0.05) is 16.5 Å². The van der Waals surface area contributed by atoms with Gasteiger partial charge >= 0.3 is 0 Å². The summed E-state index contributed by atoms with van der Waals surface area (Å²) in [6.07, 6.45) is 2.44. The van der Waals surface area contributed by atoms with Gasteiger partial charge in [0.25, 0.3) is 0 Å². The normalized spacial score (nSPS) is 17.7. The average Bonchev–Trinajstić information content (AvgIpc) is 3.28. The van der Waals surface area contributed by atoms with E-state index in [1.807, 2.05) is 12.1 Å². The standard InChI is InChI=1S/C18H20ClN/c1-2-20-17(15-10-6-7-11-16(15)19)18(12-13-18)14-8-4-3-5-9-14/h3-11,17,20H,2,12-13H2,1H3. The van der Waals surface area contributed by atoms with Gasteiger partial charge in [-0.25, -0.2) is 0 Å². The molecule has 0 amide bonds. The Kier molecular flexibility index (Phi) is 3.82. The molecule has 1 atom stereocenters. The maximum Gasteiger partial charge on any atom is 0.0454 e. The first-order valence-corrected chi connectivity index (χ1v) is 7.69. The first-order valence-electron chi connectivity index (χ1n) is 7.31. The lowest BCUT2D eigenvalue weighted by molar-refractivity contribution is 0.439. The molecule has 1 nitrogen and oxygen atoms in total. The third kappa shape index (κ3) is 2.36. The van der Waals surface area contributed by atoms with Crippen molar-refractivity contribution in [3.8, 4) is 0 Å². The molecule has 3 rings (SSSR count). The molecular formula is C18H20ClN. The lowest BCUT2D eigenvalue weighted by atomic mass is 9.84. The van der Waals surface area contributed by atoms with Crippen molar-refractivity contribution < 1.29 is 0 Å². The van der Waals surface area contributed by atoms with E-state index in [0.29, 0.717) is 6.04 Å². The van der Waals surface area contributed by atoms with Crippen LogP contribution >= 0.6 is 11.6 Å². The highest BCUT2D eigenvalue weighted by molar-refractivity contribution is 6.31. The fraction of sp³-hybridized carbons (Fsp3) is 0.333. The molecular weight excluding hydrogens is 266 g/mol. The van der Waals surface area contributed by atoms with E-state index in [4.69, 9.17) is 11.6 Å². The van der Waals surface area contributed by atoms with E-state index in [2.05, 4.69) is 54.7 Å². The average molecular weight is 286 g/mol. The van der Waals surface area contributed by atoms with Gasteiger partial charge in [0.1, 0.15) is 0 Å². The summed E-state index contributed by atoms with van der Waals surface area (Å²) in [5.41, 5.74) is 2.85. The first-order chi connectivity index (χ1) is 9.78. The quantitative estimate of drug-likeness (QED) is 0.838. The zero-order valence-electron chi connectivity index (χ0n) is 11.8. The van der Waals surface area contributed by atoms with Crippen LogP contribution in [0.25, 0.3) is 0 Å². The Bertz CT molecular complexity index is 575. The molecule has 0 bridgehead atoms. The van der Waals surface area contributed by atoms with Crippen molar-refractivity contribution in [2.24, 2.45) is 0 Å². The third-order valence-corrected chi connectivity index (χ3v) is 4.66. The molecule has 0 heterocycles. The van der Waals surface area contributed by atoms with Crippen molar-refractivity contribution in [2.75, 3.05) is 6.54 Å². The van der Waals surface area contributed by atoms with Gasteiger partial charge in [-0.3, -0.25) is 0 Å². The SMILES string of the molecule is CCNC(c1ccccc1Cl)C1(c2ccccc2)CC1. The molecule has 1 unspecified atom stereocenters. The Hall–Kier alpha value is -1.31. The van der Waals surface area contributed by atoms with Crippen LogP contribution in [0.5, 0.6) is 0 Å². The third-order valence-electron chi connectivity index (χ3n) is 4.31. The molecule has 0 aromatic heterocycles. The number of hydrogen-bond donors (Lipinski definition) is 1. The summed E-state index contributed by atoms with van der Waals surface area (Å²) in [7, 11) is 0. The van der Waals surface area contributed by atoms with E-state index in [9.17, 15) is 0 Å². The molecule has 1 aliphatic rings. The van der Waals surface area contributed by atoms with Crippen LogP contribution in [-0.4, -0.2) is 6.54 Å². The van der Waals surface area contributed by atoms with Crippen LogP contribution in [0.2, 0.25) is 5.02 Å². The van der Waals surface area contributed by atoms with E-state index in [0.717, 1.165) is 11.6 Å². The number of likely N-dealkylation sites (N-methyl/N-ethyl adjacent to an activating group) is 1. The maximum absolute atomic E-state index is 6.44. The monoisotopic (exact) mass is 285 g/mol. The number of hydrogen-bond acceptors (Lipinski definition) is 1. The van der Waals surface area contributed by atoms with Crippen LogP contribution in [0.3, 0.4) is 0 Å². The summed E-state index contributed by atoms with van der Waals surface area (Å²) in [5.74, 6) is 0. The largest absolute Gasteiger partial charge is 0.309 e. The van der Waals surface area contributed by atoms with Crippen LogP contribution in [0, 0.1) is 0 Å². The fourth-order valence-electron chi connectivity index (χ4n) is 3.17. The Morgan fingerprint density at radius 2 is 1.70 bits per heavy atom. The minimum absolute atomic E-state index is 0.211. The second-order valence-corrected chi connectivity index (χ2v) is 5.94. The van der Waals surface area contributed by atoms with Crippen molar-refractivity contribution in [1.29, 1.82) is 0 Å². The smallest absolute Gasteiger partial charge is 0.0454 e. The molecule has 1 aliphatic carbocycles. The van der Waals surface area contributed by atoms with Crippen LogP contribution < -0.4 is 5.32 Å². The van der Waals surface area contributed by atoms with Gasteiger partial charge in [-0.1, -0.05) is 67.1 Å². The van der Waals surface area contributed by atoms with Gasteiger partial charge in [-0.2, -0.15) is 0 Å². The first kappa shape index (κ1) is 13.7. The minimum atomic E-state index is 0.211. The van der Waals surface area contributed by atoms with Crippen LogP contribution in [0.15, 0.2) is 54.6 Å². The molecule has 0 radical (unpaired) electrons. The highest BCUT2D eigenvalue weighted by atomic mass is 35.5. The van der Waals surface area contributed by atoms with Gasteiger partial charge in [0.15, 0.2) is 0 Å². The highest BCUT2D eigenvalue weighted by Gasteiger charge is 2.51. The van der Waals surface area contributed by atoms with Gasteiger partial charge in [0.2, 0.25) is 0 Å². The summed E-state index contributed by atoms with van der Waals surface area (Å²) in [5, 5.41) is 4.52. The van der Waals surface area contributed by atoms with Crippen LogP contribution in [0.1, 0.15) is 36.9 Å². The molecule has 1 saturated carbocycles. The fourth-order valence-corrected chi connectivity index (χ4v) is 3.41. The molecule has 2 aromatic carbocycles. The number of benzene rings is 2. The van der Waals surface area contributed by atoms with E-state index in [1.165, 1.54) is 24.0 Å². The number of nitrogens with one attached hydrogen (secondary N) is 1. The van der Waals surface area contributed by atoms with Crippen molar-refractivity contribution in [1.82, 2.24) is 5.32 Å². The van der Waals surface area contributed by atoms with Crippen LogP contribution in [-0.2, 0) is 5.41 Å². The Balaban J connectivity index is 2.02. The van der Waals surface area contributed by atoms with E-state index < -0.39 is 0 Å². The molecule has 0 spiro atoms. The summed E-state index contributed by atoms with van der Waals surface area (Å²) < 4.78 is 0. The summed E-state index contributed by atoms with van der Waals surface area (Å²) in [6, 6.07) is 19.3. The topological polar surface area (TPSA) is 12.0 Å². The Labute approximate surface area is 126 Å². The van der Waals surface area contributed by atoms with Crippen LogP contribution in [0.4, 0.5) is 0 Å². The van der Waals surface area contributed by atoms with E-state index in [1.54, 1.807) is 0 Å². The second kappa shape index (κ2) is 5.59. The zero-order chi connectivity index (χ0) is 14.0. The predicted octanol–water partition coefficient (Wildman–Crippen LogP) is 4.72. The summed E-state index contributed by atoms with van der Waals surface area (Å²) in [4.78, 5) is 0. The summed E-state index contributed by atoms with van der Waals surface area (Å²) in [6.45, 7) is 3.11. The van der Waals surface area contributed by atoms with Crippen molar-refractivity contribution in [3.63, 3.8) is 0 Å². The number of rotatable bonds is 5. The Morgan fingerprint density at radius 3 is 2.30 bits per heavy atom. The minimum Gasteiger partial charge on any atom is -0.309 e. The van der Waals surface area contributed by atoms with Gasteiger partial charge < -0.3 is 5.32 Å². The van der Waals surface area contributed by atoms with E-state index in [-0.39, 0.29) is 5.41 Å². The molecule has 104 valence electrons. The molecule has 2 aromatic rings. The van der Waals surface area contributed by atoms with Crippen molar-refractivity contribution in [3.05, 3.63) is 70.7 Å². The number of halogens is 1. The maximum atomic E-state index is 6.44. The second-order valence-electron chi connectivity index (χ2n) is 5.53. The molecule has 20 heavy (non-hydrogen) atoms. The van der Waals surface area contributed by atoms with Gasteiger partial charge in [-0.05, 0) is 36.6 Å². The lowest BCUT2D eigenvalue weighted by Gasteiger charge is -2.29. The highest BCUT2D eigenvalue weighted by Crippen LogP contribution is 2.57. The molecule has 0 aliphatic heterocycles. The molecule has 1 N–H and O–H groups in total. The van der Waals surface area contributed by atoms with Crippen molar-refractivity contribution in [2.45, 2.75) is 31.2 Å². The molecule has 2 heteroatoms. The Morgan fingerprint density at radius 1 is 1.05 bits per heavy atom. The molecule has 0 saturated heterocycles. The van der Waals surface area contributed by atoms with Crippen molar-refractivity contribution >= 4 is 11.6 Å². The molecule has 1 fully saturated rings. The summed E-state index contributed by atoms with van der Waals surface area (Å²) >= 11 is 6.44.